The maximum atomic E-state index is 13.2. The molecule has 1 atom stereocenters. The number of esters is 1. The van der Waals surface area contributed by atoms with Crippen LogP contribution < -0.4 is 0 Å². The molecule has 1 unspecified atom stereocenters. The van der Waals surface area contributed by atoms with Gasteiger partial charge in [0.05, 0.1) is 18.6 Å². The normalized spacial score (nSPS) is 11.9. The van der Waals surface area contributed by atoms with Crippen LogP contribution in [0.4, 0.5) is 4.39 Å². The number of ether oxygens (including phenoxy) is 1. The van der Waals surface area contributed by atoms with Gasteiger partial charge in [0, 0.05) is 0 Å². The van der Waals surface area contributed by atoms with Crippen LogP contribution >= 0.6 is 0 Å². The van der Waals surface area contributed by atoms with Gasteiger partial charge in [0.1, 0.15) is 5.82 Å². The number of hydrogen-bond acceptors (Lipinski definition) is 3. The molecule has 0 bridgehead atoms. The van der Waals surface area contributed by atoms with E-state index in [1.165, 1.54) is 25.3 Å². The number of carbonyl (C=O) groups is 2. The molecule has 0 N–H and O–H groups in total. The van der Waals surface area contributed by atoms with Gasteiger partial charge in [-0.3, -0.25) is 9.59 Å². The third kappa shape index (κ3) is 2.40. The zero-order valence-electron chi connectivity index (χ0n) is 8.49. The summed E-state index contributed by atoms with van der Waals surface area (Å²) < 4.78 is 17.7. The maximum absolute atomic E-state index is 13.2. The van der Waals surface area contributed by atoms with Crippen molar-refractivity contribution in [3.05, 3.63) is 35.1 Å². The Bertz CT molecular complexity index is 387. The van der Waals surface area contributed by atoms with E-state index in [1.807, 2.05) is 0 Å². The van der Waals surface area contributed by atoms with Crippen molar-refractivity contribution < 1.29 is 18.7 Å². The molecule has 3 nitrogen and oxygen atoms in total. The van der Waals surface area contributed by atoms with Crippen LogP contribution in [0.15, 0.2) is 18.2 Å². The van der Waals surface area contributed by atoms with Crippen LogP contribution in [0.1, 0.15) is 28.8 Å². The number of benzene rings is 1. The van der Waals surface area contributed by atoms with Gasteiger partial charge in [0.2, 0.25) is 0 Å². The molecular weight excluding hydrogens is 199 g/mol. The Hall–Kier alpha value is -1.71. The molecule has 1 aromatic carbocycles. The van der Waals surface area contributed by atoms with Gasteiger partial charge in [-0.1, -0.05) is 6.07 Å². The molecule has 0 radical (unpaired) electrons. The van der Waals surface area contributed by atoms with Gasteiger partial charge in [-0.05, 0) is 24.6 Å². The SMILES string of the molecule is COC(=O)C(C)c1ccc(C=O)c(F)c1. The minimum absolute atomic E-state index is 0.0178. The Balaban J connectivity index is 3.02. The van der Waals surface area contributed by atoms with Gasteiger partial charge in [-0.15, -0.1) is 0 Å². The fourth-order valence-electron chi connectivity index (χ4n) is 1.22. The standard InChI is InChI=1S/C11H11FO3/c1-7(11(14)15-2)8-3-4-9(6-13)10(12)5-8/h3-7H,1-2H3. The number of aldehydes is 1. The van der Waals surface area contributed by atoms with E-state index in [9.17, 15) is 14.0 Å². The zero-order valence-corrected chi connectivity index (χ0v) is 8.49. The Morgan fingerprint density at radius 2 is 2.20 bits per heavy atom. The fraction of sp³-hybridized carbons (Fsp3) is 0.273. The summed E-state index contributed by atoms with van der Waals surface area (Å²) in [6, 6.07) is 4.05. The molecule has 0 saturated heterocycles. The average molecular weight is 210 g/mol. The molecule has 0 aliphatic heterocycles. The molecule has 15 heavy (non-hydrogen) atoms. The average Bonchev–Trinajstić information content (AvgIpc) is 2.26. The second-order valence-corrected chi connectivity index (χ2v) is 3.14. The smallest absolute Gasteiger partial charge is 0.312 e. The van der Waals surface area contributed by atoms with E-state index in [2.05, 4.69) is 4.74 Å². The molecular formula is C11H11FO3. The number of halogens is 1. The highest BCUT2D eigenvalue weighted by atomic mass is 19.1. The summed E-state index contributed by atoms with van der Waals surface area (Å²) in [5.74, 6) is -1.60. The first-order valence-electron chi connectivity index (χ1n) is 4.42. The first-order chi connectivity index (χ1) is 7.10. The Morgan fingerprint density at radius 3 is 2.67 bits per heavy atom. The number of carbonyl (C=O) groups excluding carboxylic acids is 2. The van der Waals surface area contributed by atoms with Gasteiger partial charge in [0.25, 0.3) is 0 Å². The maximum Gasteiger partial charge on any atom is 0.312 e. The largest absolute Gasteiger partial charge is 0.469 e. The van der Waals surface area contributed by atoms with E-state index in [0.29, 0.717) is 11.8 Å². The van der Waals surface area contributed by atoms with E-state index in [4.69, 9.17) is 0 Å². The third-order valence-electron chi connectivity index (χ3n) is 2.21. The lowest BCUT2D eigenvalue weighted by molar-refractivity contribution is -0.141. The van der Waals surface area contributed by atoms with Crippen molar-refractivity contribution in [1.29, 1.82) is 0 Å². The van der Waals surface area contributed by atoms with E-state index in [1.54, 1.807) is 6.92 Å². The van der Waals surface area contributed by atoms with Crippen molar-refractivity contribution in [2.24, 2.45) is 0 Å². The summed E-state index contributed by atoms with van der Waals surface area (Å²) in [5, 5.41) is 0. The Labute approximate surface area is 86.9 Å². The van der Waals surface area contributed by atoms with Crippen molar-refractivity contribution in [3.8, 4) is 0 Å². The lowest BCUT2D eigenvalue weighted by Gasteiger charge is -2.09. The fourth-order valence-corrected chi connectivity index (χ4v) is 1.22. The van der Waals surface area contributed by atoms with E-state index in [0.717, 1.165) is 0 Å². The van der Waals surface area contributed by atoms with E-state index < -0.39 is 17.7 Å². The lowest BCUT2D eigenvalue weighted by Crippen LogP contribution is -2.11. The van der Waals surface area contributed by atoms with E-state index in [-0.39, 0.29) is 5.56 Å². The molecule has 0 saturated carbocycles. The van der Waals surface area contributed by atoms with Crippen molar-refractivity contribution in [3.63, 3.8) is 0 Å². The van der Waals surface area contributed by atoms with Gasteiger partial charge in [-0.25, -0.2) is 4.39 Å². The number of hydrogen-bond donors (Lipinski definition) is 0. The van der Waals surface area contributed by atoms with Crippen LogP contribution in [0.25, 0.3) is 0 Å². The second kappa shape index (κ2) is 4.68. The molecule has 1 aromatic rings. The predicted molar refractivity (Wildman–Crippen MR) is 52.2 cm³/mol. The van der Waals surface area contributed by atoms with Gasteiger partial charge in [0.15, 0.2) is 6.29 Å². The number of rotatable bonds is 3. The first-order valence-corrected chi connectivity index (χ1v) is 4.42. The minimum atomic E-state index is -0.627. The van der Waals surface area contributed by atoms with Crippen LogP contribution in [0.5, 0.6) is 0 Å². The third-order valence-corrected chi connectivity index (χ3v) is 2.21. The molecule has 80 valence electrons. The van der Waals surface area contributed by atoms with Crippen LogP contribution in [0.3, 0.4) is 0 Å². The summed E-state index contributed by atoms with van der Waals surface area (Å²) in [6.45, 7) is 1.61. The summed E-state index contributed by atoms with van der Waals surface area (Å²) in [6.07, 6.45) is 0.432. The molecule has 0 aliphatic carbocycles. The van der Waals surface area contributed by atoms with Crippen LogP contribution in [0.2, 0.25) is 0 Å². The highest BCUT2D eigenvalue weighted by Gasteiger charge is 2.16. The van der Waals surface area contributed by atoms with Gasteiger partial charge in [-0.2, -0.15) is 0 Å². The zero-order chi connectivity index (χ0) is 11.4. The van der Waals surface area contributed by atoms with Crippen LogP contribution in [0, 0.1) is 5.82 Å². The van der Waals surface area contributed by atoms with Crippen LogP contribution in [-0.2, 0) is 9.53 Å². The molecule has 1 rings (SSSR count). The number of methoxy groups -OCH3 is 1. The first kappa shape index (κ1) is 11.4. The lowest BCUT2D eigenvalue weighted by atomic mass is 10.00. The molecule has 0 aliphatic rings. The molecule has 0 aromatic heterocycles. The second-order valence-electron chi connectivity index (χ2n) is 3.14. The van der Waals surface area contributed by atoms with E-state index >= 15 is 0 Å². The Morgan fingerprint density at radius 1 is 1.53 bits per heavy atom. The van der Waals surface area contributed by atoms with Crippen molar-refractivity contribution in [2.45, 2.75) is 12.8 Å². The minimum Gasteiger partial charge on any atom is -0.469 e. The monoisotopic (exact) mass is 210 g/mol. The van der Waals surface area contributed by atoms with Crippen LogP contribution in [-0.4, -0.2) is 19.4 Å². The van der Waals surface area contributed by atoms with Gasteiger partial charge >= 0.3 is 5.97 Å². The topological polar surface area (TPSA) is 43.4 Å². The molecule has 4 heteroatoms. The summed E-state index contributed by atoms with van der Waals surface area (Å²) in [7, 11) is 1.27. The highest BCUT2D eigenvalue weighted by Crippen LogP contribution is 2.19. The van der Waals surface area contributed by atoms with Gasteiger partial charge < -0.3 is 4.74 Å². The highest BCUT2D eigenvalue weighted by molar-refractivity contribution is 5.79. The molecule has 0 fully saturated rings. The quantitative estimate of drug-likeness (QED) is 0.565. The molecule has 0 heterocycles. The summed E-state index contributed by atoms with van der Waals surface area (Å²) in [4.78, 5) is 21.5. The predicted octanol–water partition coefficient (Wildman–Crippen LogP) is 1.91. The molecule has 0 amide bonds. The summed E-state index contributed by atoms with van der Waals surface area (Å²) >= 11 is 0. The summed E-state index contributed by atoms with van der Waals surface area (Å²) in [5.41, 5.74) is 0.473. The van der Waals surface area contributed by atoms with Crippen molar-refractivity contribution >= 4 is 12.3 Å². The van der Waals surface area contributed by atoms with Crippen molar-refractivity contribution in [2.75, 3.05) is 7.11 Å². The Kier molecular flexibility index (Phi) is 3.55. The molecule has 0 spiro atoms. The van der Waals surface area contributed by atoms with Crippen molar-refractivity contribution in [1.82, 2.24) is 0 Å².